The van der Waals surface area contributed by atoms with E-state index in [2.05, 4.69) is 0 Å². The van der Waals surface area contributed by atoms with Gasteiger partial charge in [0.05, 0.1) is 24.2 Å². The number of hydrogen-bond donors (Lipinski definition) is 3. The first-order chi connectivity index (χ1) is 9.84. The van der Waals surface area contributed by atoms with Crippen molar-refractivity contribution < 1.29 is 29.6 Å². The SMILES string of the molecule is CC1(CC(=O)O)[C@@H](O)C[C@@H](OC(=O)c2ccccc2)[C@@H]1O. The maximum absolute atomic E-state index is 12.0. The van der Waals surface area contributed by atoms with E-state index in [9.17, 15) is 19.8 Å². The number of esters is 1. The summed E-state index contributed by atoms with van der Waals surface area (Å²) in [6.07, 6.45) is -3.57. The van der Waals surface area contributed by atoms with Gasteiger partial charge in [0.2, 0.25) is 0 Å². The van der Waals surface area contributed by atoms with Crippen molar-refractivity contribution in [3.8, 4) is 0 Å². The molecule has 1 aliphatic carbocycles. The molecule has 6 nitrogen and oxygen atoms in total. The predicted molar refractivity (Wildman–Crippen MR) is 72.6 cm³/mol. The fraction of sp³-hybridized carbons (Fsp3) is 0.467. The van der Waals surface area contributed by atoms with Crippen molar-refractivity contribution in [2.45, 2.75) is 38.1 Å². The molecule has 21 heavy (non-hydrogen) atoms. The minimum Gasteiger partial charge on any atom is -0.481 e. The molecule has 0 heterocycles. The van der Waals surface area contributed by atoms with Gasteiger partial charge in [-0.05, 0) is 12.1 Å². The van der Waals surface area contributed by atoms with Gasteiger partial charge in [-0.25, -0.2) is 4.79 Å². The third kappa shape index (κ3) is 3.06. The van der Waals surface area contributed by atoms with Gasteiger partial charge in [-0.15, -0.1) is 0 Å². The second-order valence-corrected chi connectivity index (χ2v) is 5.58. The molecule has 0 radical (unpaired) electrons. The van der Waals surface area contributed by atoms with E-state index < -0.39 is 42.1 Å². The van der Waals surface area contributed by atoms with Crippen molar-refractivity contribution in [2.24, 2.45) is 5.41 Å². The van der Waals surface area contributed by atoms with Crippen LogP contribution in [0.3, 0.4) is 0 Å². The van der Waals surface area contributed by atoms with E-state index in [1.165, 1.54) is 6.92 Å². The van der Waals surface area contributed by atoms with Gasteiger partial charge in [0.25, 0.3) is 0 Å². The van der Waals surface area contributed by atoms with Crippen LogP contribution in [0.15, 0.2) is 30.3 Å². The Morgan fingerprint density at radius 1 is 1.29 bits per heavy atom. The zero-order valence-corrected chi connectivity index (χ0v) is 11.6. The van der Waals surface area contributed by atoms with E-state index in [-0.39, 0.29) is 6.42 Å². The molecular weight excluding hydrogens is 276 g/mol. The molecule has 1 aliphatic rings. The first kappa shape index (κ1) is 15.5. The fourth-order valence-corrected chi connectivity index (χ4v) is 2.68. The van der Waals surface area contributed by atoms with Crippen LogP contribution in [0.4, 0.5) is 0 Å². The Bertz CT molecular complexity index is 528. The molecule has 1 fully saturated rings. The smallest absolute Gasteiger partial charge is 0.338 e. The molecule has 1 unspecified atom stereocenters. The van der Waals surface area contributed by atoms with Gasteiger partial charge in [0.1, 0.15) is 6.10 Å². The Hall–Kier alpha value is -1.92. The summed E-state index contributed by atoms with van der Waals surface area (Å²) in [5.74, 6) is -1.72. The highest BCUT2D eigenvalue weighted by molar-refractivity contribution is 5.89. The lowest BCUT2D eigenvalue weighted by Crippen LogP contribution is -2.41. The van der Waals surface area contributed by atoms with Crippen LogP contribution < -0.4 is 0 Å². The van der Waals surface area contributed by atoms with Crippen LogP contribution in [0.25, 0.3) is 0 Å². The molecule has 0 bridgehead atoms. The van der Waals surface area contributed by atoms with E-state index in [1.807, 2.05) is 0 Å². The molecule has 0 saturated heterocycles. The van der Waals surface area contributed by atoms with Gasteiger partial charge >= 0.3 is 11.9 Å². The summed E-state index contributed by atoms with van der Waals surface area (Å²) in [5, 5.41) is 29.1. The number of benzene rings is 1. The van der Waals surface area contributed by atoms with Gasteiger partial charge < -0.3 is 20.1 Å². The molecule has 1 aromatic rings. The Morgan fingerprint density at radius 2 is 1.90 bits per heavy atom. The van der Waals surface area contributed by atoms with Crippen molar-refractivity contribution in [1.29, 1.82) is 0 Å². The zero-order chi connectivity index (χ0) is 15.6. The second kappa shape index (κ2) is 5.83. The number of carbonyl (C=O) groups is 2. The normalized spacial score (nSPS) is 31.9. The largest absolute Gasteiger partial charge is 0.481 e. The lowest BCUT2D eigenvalue weighted by Gasteiger charge is -2.30. The van der Waals surface area contributed by atoms with Gasteiger partial charge in [-0.2, -0.15) is 0 Å². The number of hydrogen-bond acceptors (Lipinski definition) is 5. The number of ether oxygens (including phenoxy) is 1. The summed E-state index contributed by atoms with van der Waals surface area (Å²) in [5.41, 5.74) is -0.890. The first-order valence-electron chi connectivity index (χ1n) is 6.68. The number of carboxylic acids is 1. The highest BCUT2D eigenvalue weighted by Gasteiger charge is 2.53. The van der Waals surface area contributed by atoms with Crippen LogP contribution in [0, 0.1) is 5.41 Å². The molecule has 0 aromatic heterocycles. The minimum atomic E-state index is -1.23. The summed E-state index contributed by atoms with van der Waals surface area (Å²) < 4.78 is 5.22. The summed E-state index contributed by atoms with van der Waals surface area (Å²) in [4.78, 5) is 22.8. The Labute approximate surface area is 122 Å². The average molecular weight is 294 g/mol. The Balaban J connectivity index is 2.09. The van der Waals surface area contributed by atoms with E-state index >= 15 is 0 Å². The first-order valence-corrected chi connectivity index (χ1v) is 6.68. The molecule has 0 amide bonds. The standard InChI is InChI=1S/C15H18O6/c1-15(8-12(17)18)11(16)7-10(13(15)19)21-14(20)9-5-3-2-4-6-9/h2-6,10-11,13,16,19H,7-8H2,1H3,(H,17,18)/t10-,11+,13+,15?/m1/s1. The van der Waals surface area contributed by atoms with Crippen molar-refractivity contribution in [1.82, 2.24) is 0 Å². The van der Waals surface area contributed by atoms with Gasteiger partial charge in [0, 0.05) is 11.8 Å². The van der Waals surface area contributed by atoms with Crippen LogP contribution in [0.2, 0.25) is 0 Å². The number of aliphatic hydroxyl groups is 2. The van der Waals surface area contributed by atoms with Crippen molar-refractivity contribution >= 4 is 11.9 Å². The monoisotopic (exact) mass is 294 g/mol. The average Bonchev–Trinajstić information content (AvgIpc) is 2.63. The summed E-state index contributed by atoms with van der Waals surface area (Å²) in [7, 11) is 0. The third-order valence-corrected chi connectivity index (χ3v) is 4.04. The molecule has 4 atom stereocenters. The van der Waals surface area contributed by atoms with Gasteiger partial charge in [-0.1, -0.05) is 25.1 Å². The van der Waals surface area contributed by atoms with E-state index in [1.54, 1.807) is 30.3 Å². The van der Waals surface area contributed by atoms with Crippen molar-refractivity contribution in [3.63, 3.8) is 0 Å². The molecular formula is C15H18O6. The molecule has 0 spiro atoms. The van der Waals surface area contributed by atoms with Crippen LogP contribution in [0.5, 0.6) is 0 Å². The molecule has 1 aromatic carbocycles. The molecule has 114 valence electrons. The zero-order valence-electron chi connectivity index (χ0n) is 11.6. The highest BCUT2D eigenvalue weighted by atomic mass is 16.6. The van der Waals surface area contributed by atoms with E-state index in [0.717, 1.165) is 0 Å². The molecule has 2 rings (SSSR count). The second-order valence-electron chi connectivity index (χ2n) is 5.58. The summed E-state index contributed by atoms with van der Waals surface area (Å²) in [6.45, 7) is 1.48. The van der Waals surface area contributed by atoms with Crippen molar-refractivity contribution in [2.75, 3.05) is 0 Å². The number of carbonyl (C=O) groups excluding carboxylic acids is 1. The van der Waals surface area contributed by atoms with Crippen LogP contribution in [-0.2, 0) is 9.53 Å². The summed E-state index contributed by atoms with van der Waals surface area (Å²) in [6, 6.07) is 8.29. The van der Waals surface area contributed by atoms with Crippen LogP contribution in [0.1, 0.15) is 30.1 Å². The summed E-state index contributed by atoms with van der Waals surface area (Å²) >= 11 is 0. The number of carboxylic acid groups (broad SMARTS) is 1. The molecule has 0 aliphatic heterocycles. The Kier molecular flexibility index (Phi) is 4.29. The minimum absolute atomic E-state index is 0.0174. The van der Waals surface area contributed by atoms with Crippen LogP contribution >= 0.6 is 0 Å². The Morgan fingerprint density at radius 3 is 2.48 bits per heavy atom. The molecule has 3 N–H and O–H groups in total. The van der Waals surface area contributed by atoms with E-state index in [4.69, 9.17) is 9.84 Å². The maximum atomic E-state index is 12.0. The number of rotatable bonds is 4. The topological polar surface area (TPSA) is 104 Å². The molecule has 1 saturated carbocycles. The fourth-order valence-electron chi connectivity index (χ4n) is 2.68. The number of aliphatic carboxylic acids is 1. The molecule has 6 heteroatoms. The van der Waals surface area contributed by atoms with E-state index in [0.29, 0.717) is 5.56 Å². The number of aliphatic hydroxyl groups excluding tert-OH is 2. The van der Waals surface area contributed by atoms with Gasteiger partial charge in [-0.3, -0.25) is 4.79 Å². The maximum Gasteiger partial charge on any atom is 0.338 e. The quantitative estimate of drug-likeness (QED) is 0.710. The lowest BCUT2D eigenvalue weighted by molar-refractivity contribution is -0.144. The highest BCUT2D eigenvalue weighted by Crippen LogP contribution is 2.42. The third-order valence-electron chi connectivity index (χ3n) is 4.04. The van der Waals surface area contributed by atoms with Crippen molar-refractivity contribution in [3.05, 3.63) is 35.9 Å². The van der Waals surface area contributed by atoms with Gasteiger partial charge in [0.15, 0.2) is 0 Å². The lowest BCUT2D eigenvalue weighted by atomic mass is 9.81. The van der Waals surface area contributed by atoms with Crippen LogP contribution in [-0.4, -0.2) is 45.6 Å². The predicted octanol–water partition coefficient (Wildman–Crippen LogP) is 0.819.